The van der Waals surface area contributed by atoms with Gasteiger partial charge in [-0.1, -0.05) is 11.3 Å². The Balaban J connectivity index is 2.10. The number of methoxy groups -OCH3 is 1. The highest BCUT2D eigenvalue weighted by Gasteiger charge is 2.05. The Morgan fingerprint density at radius 1 is 1.31 bits per heavy atom. The molecule has 0 saturated carbocycles. The maximum absolute atomic E-state index is 11.2. The summed E-state index contributed by atoms with van der Waals surface area (Å²) in [7, 11) is 1.35. The summed E-state index contributed by atoms with van der Waals surface area (Å²) in [6.45, 7) is 0. The van der Waals surface area contributed by atoms with Crippen molar-refractivity contribution in [2.75, 3.05) is 7.11 Å². The number of benzene rings is 1. The number of hydrogen-bond acceptors (Lipinski definition) is 5. The van der Waals surface area contributed by atoms with Crippen LogP contribution in [-0.2, 0) is 4.74 Å². The Bertz CT molecular complexity index is 464. The second kappa shape index (κ2) is 4.76. The first kappa shape index (κ1) is 10.6. The highest BCUT2D eigenvalue weighted by Crippen LogP contribution is 2.23. The standard InChI is InChI=1S/C11H9NO3S/c1-14-10(13)8-2-4-9(5-3-8)15-11-12-6-7-16-11/h2-7H,1H3. The molecule has 0 fully saturated rings. The topological polar surface area (TPSA) is 48.4 Å². The van der Waals surface area contributed by atoms with E-state index in [-0.39, 0.29) is 5.97 Å². The quantitative estimate of drug-likeness (QED) is 0.767. The summed E-state index contributed by atoms with van der Waals surface area (Å²) in [6.07, 6.45) is 1.67. The van der Waals surface area contributed by atoms with Crippen LogP contribution in [0.2, 0.25) is 0 Å². The van der Waals surface area contributed by atoms with E-state index in [0.29, 0.717) is 16.5 Å². The van der Waals surface area contributed by atoms with Gasteiger partial charge in [0.25, 0.3) is 5.19 Å². The maximum Gasteiger partial charge on any atom is 0.337 e. The van der Waals surface area contributed by atoms with Crippen LogP contribution in [0, 0.1) is 0 Å². The van der Waals surface area contributed by atoms with Gasteiger partial charge in [0.1, 0.15) is 5.75 Å². The molecule has 0 amide bonds. The van der Waals surface area contributed by atoms with Crippen LogP contribution in [0.4, 0.5) is 0 Å². The second-order valence-corrected chi connectivity index (χ2v) is 3.77. The van der Waals surface area contributed by atoms with E-state index in [0.717, 1.165) is 0 Å². The zero-order valence-corrected chi connectivity index (χ0v) is 9.36. The Labute approximate surface area is 96.5 Å². The molecule has 0 aliphatic rings. The van der Waals surface area contributed by atoms with E-state index in [1.165, 1.54) is 18.4 Å². The van der Waals surface area contributed by atoms with Gasteiger partial charge in [0.15, 0.2) is 0 Å². The highest BCUT2D eigenvalue weighted by molar-refractivity contribution is 7.11. The average Bonchev–Trinajstić information content (AvgIpc) is 2.82. The number of aromatic nitrogens is 1. The van der Waals surface area contributed by atoms with Gasteiger partial charge in [0.05, 0.1) is 12.7 Å². The molecule has 0 bridgehead atoms. The lowest BCUT2D eigenvalue weighted by atomic mass is 10.2. The first-order valence-corrected chi connectivity index (χ1v) is 5.43. The molecule has 1 aromatic heterocycles. The van der Waals surface area contributed by atoms with Crippen LogP contribution in [0.15, 0.2) is 35.8 Å². The van der Waals surface area contributed by atoms with Crippen LogP contribution in [-0.4, -0.2) is 18.1 Å². The number of hydrogen-bond donors (Lipinski definition) is 0. The molecular weight excluding hydrogens is 226 g/mol. The van der Waals surface area contributed by atoms with Crippen molar-refractivity contribution in [2.24, 2.45) is 0 Å². The summed E-state index contributed by atoms with van der Waals surface area (Å²) < 4.78 is 10.0. The van der Waals surface area contributed by atoms with Gasteiger partial charge < -0.3 is 9.47 Å². The predicted octanol–water partition coefficient (Wildman–Crippen LogP) is 2.72. The van der Waals surface area contributed by atoms with Gasteiger partial charge in [-0.3, -0.25) is 0 Å². The molecule has 0 unspecified atom stereocenters. The molecule has 16 heavy (non-hydrogen) atoms. The van der Waals surface area contributed by atoms with Crippen LogP contribution in [0.1, 0.15) is 10.4 Å². The lowest BCUT2D eigenvalue weighted by molar-refractivity contribution is 0.0600. The molecule has 0 atom stereocenters. The third-order valence-corrected chi connectivity index (χ3v) is 2.54. The monoisotopic (exact) mass is 235 g/mol. The minimum Gasteiger partial charge on any atom is -0.465 e. The summed E-state index contributed by atoms with van der Waals surface area (Å²) in [5, 5.41) is 2.41. The summed E-state index contributed by atoms with van der Waals surface area (Å²) in [5.41, 5.74) is 0.494. The fraction of sp³-hybridized carbons (Fsp3) is 0.0909. The van der Waals surface area contributed by atoms with E-state index >= 15 is 0 Å². The zero-order valence-electron chi connectivity index (χ0n) is 8.54. The number of carbonyl (C=O) groups excluding carboxylic acids is 1. The number of thiazole rings is 1. The molecule has 0 aliphatic carbocycles. The minimum absolute atomic E-state index is 0.360. The molecule has 2 rings (SSSR count). The van der Waals surface area contributed by atoms with E-state index in [1.54, 1.807) is 30.5 Å². The van der Waals surface area contributed by atoms with E-state index in [4.69, 9.17) is 4.74 Å². The molecule has 0 radical (unpaired) electrons. The molecule has 1 aromatic carbocycles. The summed E-state index contributed by atoms with van der Waals surface area (Å²) in [6, 6.07) is 6.70. The van der Waals surface area contributed by atoms with Crippen LogP contribution < -0.4 is 4.74 Å². The van der Waals surface area contributed by atoms with Crippen molar-refractivity contribution < 1.29 is 14.3 Å². The van der Waals surface area contributed by atoms with E-state index in [2.05, 4.69) is 9.72 Å². The molecule has 0 N–H and O–H groups in total. The molecular formula is C11H9NO3S. The Hall–Kier alpha value is -1.88. The smallest absolute Gasteiger partial charge is 0.337 e. The van der Waals surface area contributed by atoms with Crippen molar-refractivity contribution in [1.82, 2.24) is 4.98 Å². The molecule has 0 aliphatic heterocycles. The predicted molar refractivity (Wildman–Crippen MR) is 60.0 cm³/mol. The number of carbonyl (C=O) groups is 1. The first-order valence-electron chi connectivity index (χ1n) is 4.55. The average molecular weight is 235 g/mol. The van der Waals surface area contributed by atoms with Crippen molar-refractivity contribution in [3.63, 3.8) is 0 Å². The summed E-state index contributed by atoms with van der Waals surface area (Å²) in [4.78, 5) is 15.2. The molecule has 82 valence electrons. The SMILES string of the molecule is COC(=O)c1ccc(Oc2nccs2)cc1. The fourth-order valence-corrected chi connectivity index (χ4v) is 1.64. The van der Waals surface area contributed by atoms with Gasteiger partial charge in [-0.25, -0.2) is 9.78 Å². The molecule has 1 heterocycles. The van der Waals surface area contributed by atoms with Crippen molar-refractivity contribution in [3.8, 4) is 10.9 Å². The van der Waals surface area contributed by atoms with Gasteiger partial charge in [-0.2, -0.15) is 0 Å². The Kier molecular flexibility index (Phi) is 3.16. The Morgan fingerprint density at radius 2 is 2.06 bits per heavy atom. The van der Waals surface area contributed by atoms with Crippen molar-refractivity contribution >= 4 is 17.3 Å². The fourth-order valence-electron chi connectivity index (χ4n) is 1.14. The van der Waals surface area contributed by atoms with E-state index < -0.39 is 0 Å². The van der Waals surface area contributed by atoms with E-state index in [9.17, 15) is 4.79 Å². The van der Waals surface area contributed by atoms with Crippen LogP contribution in [0.5, 0.6) is 10.9 Å². The lowest BCUT2D eigenvalue weighted by Gasteiger charge is -2.02. The van der Waals surface area contributed by atoms with Gasteiger partial charge in [-0.05, 0) is 24.3 Å². The molecule has 4 nitrogen and oxygen atoms in total. The summed E-state index contributed by atoms with van der Waals surface area (Å²) in [5.74, 6) is 0.281. The normalized spacial score (nSPS) is 9.81. The molecule has 2 aromatic rings. The zero-order chi connectivity index (χ0) is 11.4. The van der Waals surface area contributed by atoms with Crippen LogP contribution in [0.25, 0.3) is 0 Å². The third-order valence-electron chi connectivity index (χ3n) is 1.89. The Morgan fingerprint density at radius 3 is 2.62 bits per heavy atom. The van der Waals surface area contributed by atoms with Gasteiger partial charge in [0, 0.05) is 11.6 Å². The van der Waals surface area contributed by atoms with Crippen LogP contribution >= 0.6 is 11.3 Å². The van der Waals surface area contributed by atoms with Gasteiger partial charge in [-0.15, -0.1) is 0 Å². The highest BCUT2D eigenvalue weighted by atomic mass is 32.1. The van der Waals surface area contributed by atoms with Crippen molar-refractivity contribution in [3.05, 3.63) is 41.4 Å². The molecule has 0 spiro atoms. The van der Waals surface area contributed by atoms with Gasteiger partial charge >= 0.3 is 5.97 Å². The van der Waals surface area contributed by atoms with Crippen molar-refractivity contribution in [2.45, 2.75) is 0 Å². The largest absolute Gasteiger partial charge is 0.465 e. The van der Waals surface area contributed by atoms with Crippen LogP contribution in [0.3, 0.4) is 0 Å². The molecule has 0 saturated heterocycles. The number of rotatable bonds is 3. The molecule has 5 heteroatoms. The third kappa shape index (κ3) is 2.38. The first-order chi connectivity index (χ1) is 7.79. The summed E-state index contributed by atoms with van der Waals surface area (Å²) >= 11 is 1.41. The van der Waals surface area contributed by atoms with Crippen molar-refractivity contribution in [1.29, 1.82) is 0 Å². The lowest BCUT2D eigenvalue weighted by Crippen LogP contribution is -2.00. The van der Waals surface area contributed by atoms with Gasteiger partial charge in [0.2, 0.25) is 0 Å². The number of nitrogens with zero attached hydrogens (tertiary/aromatic N) is 1. The second-order valence-electron chi connectivity index (χ2n) is 2.92. The minimum atomic E-state index is -0.360. The number of esters is 1. The van der Waals surface area contributed by atoms with E-state index in [1.807, 2.05) is 5.38 Å². The number of ether oxygens (including phenoxy) is 2. The maximum atomic E-state index is 11.2.